The average molecular weight is 270 g/mol. The number of nitriles is 1. The molecule has 1 rings (SSSR count). The van der Waals surface area contributed by atoms with Crippen molar-refractivity contribution in [1.29, 1.82) is 5.26 Å². The van der Waals surface area contributed by atoms with E-state index in [9.17, 15) is 4.79 Å². The number of rotatable bonds is 3. The second-order valence-electron chi connectivity index (χ2n) is 2.79. The van der Waals surface area contributed by atoms with Gasteiger partial charge >= 0.3 is 0 Å². The third-order valence-corrected chi connectivity index (χ3v) is 2.60. The molecular formula is C10H8BrNOS. The first-order valence-electron chi connectivity index (χ1n) is 3.98. The molecule has 0 radical (unpaired) electrons. The molecule has 0 N–H and O–H groups in total. The summed E-state index contributed by atoms with van der Waals surface area (Å²) in [5, 5.41) is 8.83. The topological polar surface area (TPSA) is 40.9 Å². The van der Waals surface area contributed by atoms with E-state index in [0.717, 1.165) is 10.0 Å². The van der Waals surface area contributed by atoms with Crippen molar-refractivity contribution < 1.29 is 4.79 Å². The van der Waals surface area contributed by atoms with E-state index in [0.29, 0.717) is 5.56 Å². The maximum atomic E-state index is 11.1. The van der Waals surface area contributed by atoms with Crippen LogP contribution in [-0.4, -0.2) is 11.5 Å². The van der Waals surface area contributed by atoms with E-state index < -0.39 is 0 Å². The van der Waals surface area contributed by atoms with Crippen LogP contribution < -0.4 is 0 Å². The van der Waals surface area contributed by atoms with Gasteiger partial charge in [-0.25, -0.2) is 0 Å². The predicted molar refractivity (Wildman–Crippen MR) is 61.4 cm³/mol. The fraction of sp³-hybridized carbons (Fsp3) is 0.200. The average Bonchev–Trinajstić information content (AvgIpc) is 2.20. The molecule has 72 valence electrons. The summed E-state index contributed by atoms with van der Waals surface area (Å²) in [6.45, 7) is 0. The Kier molecular flexibility index (Phi) is 4.18. The fourth-order valence-corrected chi connectivity index (χ4v) is 1.55. The Morgan fingerprint density at radius 1 is 1.57 bits per heavy atom. The first-order chi connectivity index (χ1) is 6.67. The molecule has 4 heteroatoms. The molecule has 14 heavy (non-hydrogen) atoms. The van der Waals surface area contributed by atoms with Crippen LogP contribution in [0.3, 0.4) is 0 Å². The molecule has 0 spiro atoms. The maximum absolute atomic E-state index is 11.1. The van der Waals surface area contributed by atoms with E-state index in [2.05, 4.69) is 34.6 Å². The van der Waals surface area contributed by atoms with Gasteiger partial charge in [0.05, 0.1) is 11.6 Å². The zero-order chi connectivity index (χ0) is 10.6. The van der Waals surface area contributed by atoms with Gasteiger partial charge in [-0.2, -0.15) is 17.9 Å². The van der Waals surface area contributed by atoms with Gasteiger partial charge in [0, 0.05) is 16.6 Å². The lowest BCUT2D eigenvalue weighted by molar-refractivity contribution is -0.115. The Labute approximate surface area is 96.5 Å². The number of carbonyl (C=O) groups excluding carboxylic acids is 1. The summed E-state index contributed by atoms with van der Waals surface area (Å²) in [6, 6.07) is 7.37. The number of Topliss-reactive ketones (excluding diaryl/α,β-unsaturated/α-hetero) is 1. The van der Waals surface area contributed by atoms with E-state index in [-0.39, 0.29) is 18.0 Å². The van der Waals surface area contributed by atoms with Gasteiger partial charge in [0.1, 0.15) is 5.78 Å². The number of ketones is 1. The molecule has 0 saturated heterocycles. The summed E-state index contributed by atoms with van der Waals surface area (Å²) in [5.41, 5.74) is 1.30. The summed E-state index contributed by atoms with van der Waals surface area (Å²) in [5.74, 6) is 0.230. The van der Waals surface area contributed by atoms with E-state index in [4.69, 9.17) is 5.26 Å². The molecule has 0 bridgehead atoms. The van der Waals surface area contributed by atoms with Crippen LogP contribution in [0, 0.1) is 11.3 Å². The number of hydrogen-bond acceptors (Lipinski definition) is 3. The number of carbonyl (C=O) groups is 1. The first kappa shape index (κ1) is 11.3. The van der Waals surface area contributed by atoms with Crippen molar-refractivity contribution in [3.8, 4) is 6.07 Å². The number of halogens is 1. The Hall–Kier alpha value is -0.790. The lowest BCUT2D eigenvalue weighted by Crippen LogP contribution is -2.05. The highest BCUT2D eigenvalue weighted by atomic mass is 79.9. The van der Waals surface area contributed by atoms with E-state index >= 15 is 0 Å². The molecule has 0 aromatic heterocycles. The molecule has 0 fully saturated rings. The zero-order valence-electron chi connectivity index (χ0n) is 7.33. The summed E-state index contributed by atoms with van der Waals surface area (Å²) in [4.78, 5) is 11.1. The summed E-state index contributed by atoms with van der Waals surface area (Å²) in [6.07, 6.45) is 0.277. The van der Waals surface area contributed by atoms with Crippen molar-refractivity contribution in [3.05, 3.63) is 33.8 Å². The highest BCUT2D eigenvalue weighted by molar-refractivity contribution is 9.10. The second-order valence-corrected chi connectivity index (χ2v) is 4.02. The Morgan fingerprint density at radius 2 is 2.29 bits per heavy atom. The summed E-state index contributed by atoms with van der Waals surface area (Å²) >= 11 is 7.16. The molecule has 0 amide bonds. The highest BCUT2D eigenvalue weighted by Gasteiger charge is 2.06. The van der Waals surface area contributed by atoms with Gasteiger partial charge in [-0.15, -0.1) is 0 Å². The van der Waals surface area contributed by atoms with Gasteiger partial charge in [0.15, 0.2) is 0 Å². The highest BCUT2D eigenvalue weighted by Crippen LogP contribution is 2.16. The second kappa shape index (κ2) is 5.18. The van der Waals surface area contributed by atoms with Gasteiger partial charge in [0.25, 0.3) is 0 Å². The van der Waals surface area contributed by atoms with Gasteiger partial charge < -0.3 is 0 Å². The van der Waals surface area contributed by atoms with Crippen LogP contribution in [0.1, 0.15) is 11.1 Å². The lowest BCUT2D eigenvalue weighted by Gasteiger charge is -2.02. The van der Waals surface area contributed by atoms with Gasteiger partial charge in [-0.05, 0) is 17.7 Å². The molecule has 0 heterocycles. The minimum Gasteiger partial charge on any atom is -0.298 e. The standard InChI is InChI=1S/C10H8BrNOS/c11-9-2-1-7(4-10(13)6-14)8(3-9)5-12/h1-3,14H,4,6H2. The number of benzene rings is 1. The summed E-state index contributed by atoms with van der Waals surface area (Å²) < 4.78 is 0.844. The van der Waals surface area contributed by atoms with E-state index in [1.165, 1.54) is 0 Å². The maximum Gasteiger partial charge on any atom is 0.146 e. The van der Waals surface area contributed by atoms with Crippen LogP contribution in [0.15, 0.2) is 22.7 Å². The third-order valence-electron chi connectivity index (χ3n) is 1.76. The predicted octanol–water partition coefficient (Wildman–Crippen LogP) is 2.36. The lowest BCUT2D eigenvalue weighted by atomic mass is 10.0. The van der Waals surface area contributed by atoms with Crippen molar-refractivity contribution in [3.63, 3.8) is 0 Å². The number of nitrogens with zero attached hydrogens (tertiary/aromatic N) is 1. The van der Waals surface area contributed by atoms with Gasteiger partial charge in [-0.1, -0.05) is 22.0 Å². The van der Waals surface area contributed by atoms with Crippen LogP contribution in [0.2, 0.25) is 0 Å². The molecule has 0 aliphatic rings. The quantitative estimate of drug-likeness (QED) is 0.856. The minimum atomic E-state index is 0.0205. The van der Waals surface area contributed by atoms with Crippen molar-refractivity contribution in [2.45, 2.75) is 6.42 Å². The van der Waals surface area contributed by atoms with Gasteiger partial charge in [-0.3, -0.25) is 4.79 Å². The molecule has 0 aliphatic heterocycles. The smallest absolute Gasteiger partial charge is 0.146 e. The summed E-state index contributed by atoms with van der Waals surface area (Å²) in [7, 11) is 0. The molecule has 0 aliphatic carbocycles. The van der Waals surface area contributed by atoms with Crippen molar-refractivity contribution in [2.24, 2.45) is 0 Å². The van der Waals surface area contributed by atoms with Gasteiger partial charge in [0.2, 0.25) is 0 Å². The van der Waals surface area contributed by atoms with Crippen molar-refractivity contribution in [2.75, 3.05) is 5.75 Å². The molecular weight excluding hydrogens is 262 g/mol. The molecule has 2 nitrogen and oxygen atoms in total. The van der Waals surface area contributed by atoms with Crippen LogP contribution in [0.4, 0.5) is 0 Å². The Bertz CT molecular complexity index is 398. The normalized spacial score (nSPS) is 9.50. The molecule has 0 atom stereocenters. The molecule has 1 aromatic carbocycles. The van der Waals surface area contributed by atoms with Crippen LogP contribution in [-0.2, 0) is 11.2 Å². The number of hydrogen-bond donors (Lipinski definition) is 1. The Morgan fingerprint density at radius 3 is 2.86 bits per heavy atom. The van der Waals surface area contributed by atoms with Crippen LogP contribution in [0.25, 0.3) is 0 Å². The van der Waals surface area contributed by atoms with Crippen molar-refractivity contribution in [1.82, 2.24) is 0 Å². The first-order valence-corrected chi connectivity index (χ1v) is 5.41. The van der Waals surface area contributed by atoms with Crippen LogP contribution in [0.5, 0.6) is 0 Å². The van der Waals surface area contributed by atoms with Crippen molar-refractivity contribution >= 4 is 34.3 Å². The van der Waals surface area contributed by atoms with E-state index in [1.54, 1.807) is 12.1 Å². The Balaban J connectivity index is 2.98. The molecule has 0 unspecified atom stereocenters. The zero-order valence-corrected chi connectivity index (χ0v) is 9.81. The molecule has 0 saturated carbocycles. The fourth-order valence-electron chi connectivity index (χ4n) is 1.08. The third kappa shape index (κ3) is 2.86. The SMILES string of the molecule is N#Cc1cc(Br)ccc1CC(=O)CS. The molecule has 1 aromatic rings. The minimum absolute atomic E-state index is 0.0205. The van der Waals surface area contributed by atoms with Crippen LogP contribution >= 0.6 is 28.6 Å². The largest absolute Gasteiger partial charge is 0.298 e. The monoisotopic (exact) mass is 269 g/mol. The number of thiol groups is 1. The van der Waals surface area contributed by atoms with E-state index in [1.807, 2.05) is 6.07 Å².